The lowest BCUT2D eigenvalue weighted by Gasteiger charge is -2.47. The number of aliphatic hydroxyl groups is 1. The number of fused-ring (bicyclic) bond motifs is 3. The van der Waals surface area contributed by atoms with Gasteiger partial charge in [-0.2, -0.15) is 0 Å². The molecule has 6 atom stereocenters. The monoisotopic (exact) mass is 1180 g/mol. The van der Waals surface area contributed by atoms with Crippen LogP contribution < -0.4 is 26.6 Å². The first-order valence-corrected chi connectivity index (χ1v) is 31.0. The zero-order chi connectivity index (χ0) is 57.9. The van der Waals surface area contributed by atoms with Crippen LogP contribution in [-0.2, 0) is 45.4 Å². The van der Waals surface area contributed by atoms with Gasteiger partial charge in [-0.25, -0.2) is 9.37 Å². The van der Waals surface area contributed by atoms with E-state index >= 15 is 4.39 Å². The number of carbonyl (C=O) groups excluding carboxylic acids is 5. The average molecular weight is 1190 g/mol. The highest BCUT2D eigenvalue weighted by Gasteiger charge is 2.72. The van der Waals surface area contributed by atoms with Crippen LogP contribution in [0.25, 0.3) is 10.4 Å². The van der Waals surface area contributed by atoms with Gasteiger partial charge in [-0.05, 0) is 129 Å². The fraction of sp³-hybridized carbons (Fsp3) is 0.581. The molecule has 5 heterocycles. The number of hydrogen-bond donors (Lipinski definition) is 6. The minimum Gasteiger partial charge on any atom is -0.391 e. The number of rotatable bonds is 18. The number of amides is 5. The molecule has 82 heavy (non-hydrogen) atoms. The number of likely N-dealkylation sites (tertiary alicyclic amines) is 2. The Morgan fingerprint density at radius 2 is 1.66 bits per heavy atom. The number of halogens is 3. The molecule has 0 unspecified atom stereocenters. The summed E-state index contributed by atoms with van der Waals surface area (Å²) in [6, 6.07) is 15.4. The lowest BCUT2D eigenvalue weighted by atomic mass is 9.55. The Hall–Kier alpha value is -5.05. The number of nitrogens with one attached hydrogen (secondary N) is 5. The van der Waals surface area contributed by atoms with E-state index in [-0.39, 0.29) is 67.1 Å². The SMILES string of the molecule is Cc1ncsc1-c1ccc(CNC(=O)[C@@H]2C[C@@H](O)CN2C(=O)[C@@H](NC(=O)COCCOCC2CCN(CC3CCC(NC(=O)[C@@H]4NC5(CCCCC5)[C@@]5(C(=O)Nc6cc(Cl)ccc65)[C@H]4c4cccc(Cl)c4F)CC3)CC2)C(C)(C)C)cc1. The van der Waals surface area contributed by atoms with Crippen molar-refractivity contribution in [3.8, 4) is 10.4 Å². The average Bonchev–Trinajstić information content (AvgIpc) is 1.62. The Morgan fingerprint density at radius 1 is 0.927 bits per heavy atom. The molecule has 10 rings (SSSR count). The molecule has 2 spiro atoms. The minimum atomic E-state index is -1.27. The molecule has 0 bridgehead atoms. The molecule has 6 aliphatic rings. The number of β-amino-alcohol motifs (C(OH)–C–C–N with tert-alkyl or cyclic N) is 1. The van der Waals surface area contributed by atoms with Gasteiger partial charge in [0, 0.05) is 60.9 Å². The number of aryl methyl sites for hydroxylation is 1. The molecule has 5 amide bonds. The van der Waals surface area contributed by atoms with Crippen LogP contribution in [0.1, 0.15) is 126 Å². The lowest BCUT2D eigenvalue weighted by molar-refractivity contribution is -0.144. The summed E-state index contributed by atoms with van der Waals surface area (Å²) in [4.78, 5) is 79.7. The summed E-state index contributed by atoms with van der Waals surface area (Å²) < 4.78 is 28.1. The summed E-state index contributed by atoms with van der Waals surface area (Å²) in [5.41, 5.74) is 3.54. The van der Waals surface area contributed by atoms with Crippen LogP contribution in [0.15, 0.2) is 66.2 Å². The number of nitrogens with zero attached hydrogens (tertiary/aromatic N) is 3. The van der Waals surface area contributed by atoms with Gasteiger partial charge in [-0.1, -0.05) is 106 Å². The molecule has 0 radical (unpaired) electrons. The zero-order valence-corrected chi connectivity index (χ0v) is 49.8. The third-order valence-corrected chi connectivity index (χ3v) is 19.9. The largest absolute Gasteiger partial charge is 0.391 e. The maximum absolute atomic E-state index is 16.4. The third-order valence-electron chi connectivity index (χ3n) is 18.4. The molecule has 2 aliphatic carbocycles. The highest BCUT2D eigenvalue weighted by atomic mass is 35.5. The predicted octanol–water partition coefficient (Wildman–Crippen LogP) is 8.44. The first-order valence-electron chi connectivity index (χ1n) is 29.4. The maximum Gasteiger partial charge on any atom is 0.246 e. The molecule has 4 aliphatic heterocycles. The van der Waals surface area contributed by atoms with Crippen LogP contribution in [0.2, 0.25) is 10.0 Å². The quantitative estimate of drug-likeness (QED) is 0.0522. The first kappa shape index (κ1) is 60.1. The van der Waals surface area contributed by atoms with Crippen LogP contribution >= 0.6 is 34.5 Å². The maximum atomic E-state index is 16.4. The second-order valence-electron chi connectivity index (χ2n) is 24.9. The zero-order valence-electron chi connectivity index (χ0n) is 47.5. The van der Waals surface area contributed by atoms with Crippen LogP contribution in [0.4, 0.5) is 10.1 Å². The number of aromatic nitrogens is 1. The van der Waals surface area contributed by atoms with Crippen molar-refractivity contribution in [2.75, 3.05) is 57.9 Å². The standard InChI is InChI=1S/C62H79Cl2FN8O8S/c1-37-54(82-36-67-37)41-15-11-38(12-16-41)31-66-56(76)49-30-44(74)33-73(49)58(78)55(60(2,3)4)70-50(75)35-81-28-27-80-34-40-21-25-72(26-22-40)32-39-13-18-43(19-14-39)68-57(77)53-51(45-9-8-10-47(64)52(45)65)62(61(71-53)23-6-5-7-24-61)46-20-17-42(63)29-48(46)69-59(62)79/h8-12,15-17,20,29,36,39-40,43-44,49,51,53,55,71,74H,5-7,13-14,18-19,21-28,30-35H2,1-4H3,(H,66,76)(H,68,77)(H,69,79)(H,70,75)/t39?,43?,44-,49+,51+,53-,55-,62-/m1/s1. The van der Waals surface area contributed by atoms with Crippen molar-refractivity contribution in [1.82, 2.24) is 36.1 Å². The number of hydrogen-bond acceptors (Lipinski definition) is 12. The van der Waals surface area contributed by atoms with E-state index in [9.17, 15) is 29.1 Å². The summed E-state index contributed by atoms with van der Waals surface area (Å²) in [7, 11) is 0. The van der Waals surface area contributed by atoms with Gasteiger partial charge in [-0.3, -0.25) is 29.3 Å². The smallest absolute Gasteiger partial charge is 0.246 e. The van der Waals surface area contributed by atoms with Gasteiger partial charge in [-0.15, -0.1) is 11.3 Å². The third kappa shape index (κ3) is 12.7. The van der Waals surface area contributed by atoms with E-state index in [4.69, 9.17) is 32.7 Å². The molecule has 2 saturated carbocycles. The lowest BCUT2D eigenvalue weighted by Crippen LogP contribution is -2.60. The predicted molar refractivity (Wildman–Crippen MR) is 315 cm³/mol. The molecule has 442 valence electrons. The molecule has 1 aromatic heterocycles. The summed E-state index contributed by atoms with van der Waals surface area (Å²) in [5, 5.41) is 27.1. The number of thiazole rings is 1. The van der Waals surface area contributed by atoms with Gasteiger partial charge < -0.3 is 45.6 Å². The number of ether oxygens (including phenoxy) is 2. The fourth-order valence-electron chi connectivity index (χ4n) is 14.2. The Kier molecular flexibility index (Phi) is 18.8. The summed E-state index contributed by atoms with van der Waals surface area (Å²) in [6.07, 6.45) is 8.94. The number of aliphatic hydroxyl groups excluding tert-OH is 1. The highest BCUT2D eigenvalue weighted by Crippen LogP contribution is 2.63. The topological polar surface area (TPSA) is 204 Å². The van der Waals surface area contributed by atoms with Crippen LogP contribution in [0, 0.1) is 30.0 Å². The van der Waals surface area contributed by atoms with Crippen molar-refractivity contribution >= 4 is 69.8 Å². The number of carbonyl (C=O) groups is 5. The van der Waals surface area contributed by atoms with Crippen LogP contribution in [-0.4, -0.2) is 138 Å². The molecular weight excluding hydrogens is 1110 g/mol. The molecule has 5 fully saturated rings. The molecule has 3 aromatic carbocycles. The fourth-order valence-corrected chi connectivity index (χ4v) is 15.4. The number of benzene rings is 3. The summed E-state index contributed by atoms with van der Waals surface area (Å²) in [5.74, 6) is -2.31. The molecule has 20 heteroatoms. The van der Waals surface area contributed by atoms with E-state index in [0.717, 1.165) is 105 Å². The van der Waals surface area contributed by atoms with Gasteiger partial charge in [0.2, 0.25) is 29.5 Å². The van der Waals surface area contributed by atoms with Crippen molar-refractivity contribution in [3.05, 3.63) is 104 Å². The Morgan fingerprint density at radius 3 is 2.37 bits per heavy atom. The molecule has 6 N–H and O–H groups in total. The highest BCUT2D eigenvalue weighted by molar-refractivity contribution is 7.13. The van der Waals surface area contributed by atoms with Gasteiger partial charge in [0.1, 0.15) is 29.9 Å². The van der Waals surface area contributed by atoms with E-state index in [2.05, 4.69) is 36.5 Å². The van der Waals surface area contributed by atoms with Gasteiger partial charge in [0.15, 0.2) is 0 Å². The second kappa shape index (κ2) is 25.7. The summed E-state index contributed by atoms with van der Waals surface area (Å²) in [6.45, 7) is 11.5. The van der Waals surface area contributed by atoms with Crippen molar-refractivity contribution in [2.45, 2.75) is 158 Å². The molecular formula is C62H79Cl2FN8O8S. The van der Waals surface area contributed by atoms with Crippen molar-refractivity contribution in [3.63, 3.8) is 0 Å². The molecule has 3 saturated heterocycles. The van der Waals surface area contributed by atoms with Gasteiger partial charge >= 0.3 is 0 Å². The summed E-state index contributed by atoms with van der Waals surface area (Å²) >= 11 is 14.5. The number of piperidine rings is 1. The Labute approximate surface area is 494 Å². The van der Waals surface area contributed by atoms with Crippen LogP contribution in [0.3, 0.4) is 0 Å². The number of anilines is 1. The van der Waals surface area contributed by atoms with Gasteiger partial charge in [0.25, 0.3) is 0 Å². The van der Waals surface area contributed by atoms with E-state index in [0.29, 0.717) is 48.6 Å². The Bertz CT molecular complexity index is 2960. The van der Waals surface area contributed by atoms with Gasteiger partial charge in [0.05, 0.1) is 46.5 Å². The van der Waals surface area contributed by atoms with E-state index in [1.54, 1.807) is 35.6 Å². The Balaban J connectivity index is 0.638. The van der Waals surface area contributed by atoms with Crippen molar-refractivity contribution in [1.29, 1.82) is 0 Å². The normalized spacial score (nSPS) is 26.0. The van der Waals surface area contributed by atoms with E-state index in [1.807, 2.05) is 63.5 Å². The minimum absolute atomic E-state index is 0.0161. The van der Waals surface area contributed by atoms with Crippen molar-refractivity contribution < 1.29 is 42.9 Å². The molecule has 16 nitrogen and oxygen atoms in total. The first-order chi connectivity index (χ1) is 39.3. The van der Waals surface area contributed by atoms with Crippen molar-refractivity contribution in [2.24, 2.45) is 17.3 Å². The second-order valence-corrected chi connectivity index (χ2v) is 26.6. The van der Waals surface area contributed by atoms with E-state index in [1.165, 1.54) is 11.0 Å². The van der Waals surface area contributed by atoms with Crippen LogP contribution in [0.5, 0.6) is 0 Å². The van der Waals surface area contributed by atoms with E-state index < -0.39 is 64.1 Å². The molecule has 4 aromatic rings.